The van der Waals surface area contributed by atoms with Crippen molar-refractivity contribution in [2.24, 2.45) is 5.92 Å². The van der Waals surface area contributed by atoms with Crippen LogP contribution < -0.4 is 0 Å². The highest BCUT2D eigenvalue weighted by Gasteiger charge is 2.34. The van der Waals surface area contributed by atoms with Crippen LogP contribution in [0.2, 0.25) is 0 Å². The minimum absolute atomic E-state index is 0.000508. The van der Waals surface area contributed by atoms with Crippen molar-refractivity contribution in [2.45, 2.75) is 45.5 Å². The smallest absolute Gasteiger partial charge is 0.260 e. The summed E-state index contributed by atoms with van der Waals surface area (Å²) < 4.78 is 26.2. The second-order valence-corrected chi connectivity index (χ2v) is 4.75. The van der Waals surface area contributed by atoms with Crippen molar-refractivity contribution in [2.75, 3.05) is 19.6 Å². The molecule has 0 spiro atoms. The minimum atomic E-state index is -2.53. The largest absolute Gasteiger partial charge is 0.299 e. The third-order valence-corrected chi connectivity index (χ3v) is 3.25. The fourth-order valence-corrected chi connectivity index (χ4v) is 2.12. The van der Waals surface area contributed by atoms with Crippen LogP contribution in [0.1, 0.15) is 39.5 Å². The third-order valence-electron chi connectivity index (χ3n) is 3.25. The predicted octanol–water partition coefficient (Wildman–Crippen LogP) is 2.72. The van der Waals surface area contributed by atoms with Crippen LogP contribution in [0.25, 0.3) is 0 Å². The van der Waals surface area contributed by atoms with Crippen LogP contribution in [0.15, 0.2) is 0 Å². The molecule has 2 nitrogen and oxygen atoms in total. The molecule has 0 amide bonds. The quantitative estimate of drug-likeness (QED) is 0.727. The van der Waals surface area contributed by atoms with Gasteiger partial charge in [-0.25, -0.2) is 8.78 Å². The number of hydrogen-bond acceptors (Lipinski definition) is 2. The van der Waals surface area contributed by atoms with Crippen LogP contribution in [0.3, 0.4) is 0 Å². The summed E-state index contributed by atoms with van der Waals surface area (Å²) in [5.74, 6) is -2.31. The van der Waals surface area contributed by atoms with Gasteiger partial charge in [0.2, 0.25) is 0 Å². The van der Waals surface area contributed by atoms with Crippen LogP contribution in [0.4, 0.5) is 8.78 Å². The molecule has 0 radical (unpaired) electrons. The number of carbonyl (C=O) groups is 1. The van der Waals surface area contributed by atoms with Crippen LogP contribution in [0, 0.1) is 5.92 Å². The molecule has 0 aromatic rings. The lowest BCUT2D eigenvalue weighted by Gasteiger charge is -2.32. The summed E-state index contributed by atoms with van der Waals surface area (Å²) in [6.45, 7) is 4.94. The zero-order valence-electron chi connectivity index (χ0n) is 10.1. The summed E-state index contributed by atoms with van der Waals surface area (Å²) in [4.78, 5) is 13.1. The van der Waals surface area contributed by atoms with E-state index in [0.29, 0.717) is 25.8 Å². The molecule has 1 aliphatic heterocycles. The lowest BCUT2D eigenvalue weighted by Crippen LogP contribution is -2.43. The number of rotatable bonds is 5. The fourth-order valence-electron chi connectivity index (χ4n) is 2.12. The normalized spacial score (nSPS) is 23.0. The Bertz CT molecular complexity index is 243. The van der Waals surface area contributed by atoms with E-state index in [1.165, 1.54) is 0 Å². The van der Waals surface area contributed by atoms with Crippen molar-refractivity contribution in [1.29, 1.82) is 0 Å². The Morgan fingerprint density at radius 2 is 2.19 bits per heavy atom. The molecular formula is C12H21F2NO. The first-order chi connectivity index (χ1) is 7.44. The summed E-state index contributed by atoms with van der Waals surface area (Å²) in [6.07, 6.45) is 1.80. The van der Waals surface area contributed by atoms with Crippen LogP contribution in [-0.2, 0) is 4.79 Å². The van der Waals surface area contributed by atoms with Gasteiger partial charge in [0.1, 0.15) is 5.78 Å². The van der Waals surface area contributed by atoms with Gasteiger partial charge in [-0.3, -0.25) is 9.69 Å². The van der Waals surface area contributed by atoms with Crippen molar-refractivity contribution in [3.63, 3.8) is 0 Å². The number of alkyl halides is 2. The molecule has 1 atom stereocenters. The van der Waals surface area contributed by atoms with E-state index in [4.69, 9.17) is 0 Å². The second-order valence-electron chi connectivity index (χ2n) is 4.75. The molecule has 4 heteroatoms. The first-order valence-corrected chi connectivity index (χ1v) is 6.07. The molecule has 0 N–H and O–H groups in total. The molecule has 94 valence electrons. The number of ketones is 1. The lowest BCUT2D eigenvalue weighted by atomic mass is 9.99. The van der Waals surface area contributed by atoms with Crippen molar-refractivity contribution in [3.8, 4) is 0 Å². The van der Waals surface area contributed by atoms with Gasteiger partial charge in [0, 0.05) is 18.8 Å². The third kappa shape index (κ3) is 4.16. The van der Waals surface area contributed by atoms with Gasteiger partial charge in [-0.05, 0) is 25.9 Å². The number of nitrogens with zero attached hydrogens (tertiary/aromatic N) is 1. The van der Waals surface area contributed by atoms with E-state index >= 15 is 0 Å². The van der Waals surface area contributed by atoms with Gasteiger partial charge in [-0.15, -0.1) is 0 Å². The number of piperidine rings is 1. The molecule has 1 rings (SSSR count). The maximum absolute atomic E-state index is 13.1. The molecule has 1 heterocycles. The Hall–Kier alpha value is -0.510. The van der Waals surface area contributed by atoms with Crippen molar-refractivity contribution in [1.82, 2.24) is 4.90 Å². The fraction of sp³-hybridized carbons (Fsp3) is 0.917. The van der Waals surface area contributed by atoms with E-state index in [0.717, 1.165) is 6.54 Å². The Kier molecular flexibility index (Phi) is 4.84. The van der Waals surface area contributed by atoms with Gasteiger partial charge in [-0.2, -0.15) is 0 Å². The summed E-state index contributed by atoms with van der Waals surface area (Å²) in [6, 6.07) is 0. The van der Waals surface area contributed by atoms with Crippen LogP contribution in [-0.4, -0.2) is 36.2 Å². The van der Waals surface area contributed by atoms with Gasteiger partial charge in [0.25, 0.3) is 5.92 Å². The summed E-state index contributed by atoms with van der Waals surface area (Å²) in [5.41, 5.74) is 0. The molecule has 0 bridgehead atoms. The molecular weight excluding hydrogens is 212 g/mol. The number of hydrogen-bond donors (Lipinski definition) is 0. The highest BCUT2D eigenvalue weighted by Crippen LogP contribution is 2.26. The SMILES string of the molecule is CCC(=O)C(C)CCN1CCCC(F)(F)C1. The van der Waals surface area contributed by atoms with Crippen molar-refractivity contribution in [3.05, 3.63) is 0 Å². The minimum Gasteiger partial charge on any atom is -0.299 e. The standard InChI is InChI=1S/C12H21F2NO/c1-3-11(16)10(2)5-8-15-7-4-6-12(13,14)9-15/h10H,3-9H2,1-2H3. The Morgan fingerprint density at radius 1 is 1.50 bits per heavy atom. The van der Waals surface area contributed by atoms with Crippen molar-refractivity contribution >= 4 is 5.78 Å². The van der Waals surface area contributed by atoms with Crippen LogP contribution in [0.5, 0.6) is 0 Å². The van der Waals surface area contributed by atoms with E-state index < -0.39 is 5.92 Å². The molecule has 1 aliphatic rings. The second kappa shape index (κ2) is 5.71. The summed E-state index contributed by atoms with van der Waals surface area (Å²) in [7, 11) is 0. The maximum atomic E-state index is 13.1. The first kappa shape index (κ1) is 13.6. The van der Waals surface area contributed by atoms with Crippen molar-refractivity contribution < 1.29 is 13.6 Å². The Labute approximate surface area is 96.0 Å². The number of Topliss-reactive ketones (excluding diaryl/α,β-unsaturated/α-hetero) is 1. The number of halogens is 2. The van der Waals surface area contributed by atoms with Crippen LogP contribution >= 0.6 is 0 Å². The molecule has 0 aromatic heterocycles. The first-order valence-electron chi connectivity index (χ1n) is 6.07. The number of carbonyl (C=O) groups excluding carboxylic acids is 1. The van der Waals surface area contributed by atoms with Gasteiger partial charge >= 0.3 is 0 Å². The summed E-state index contributed by atoms with van der Waals surface area (Å²) >= 11 is 0. The molecule has 0 saturated carbocycles. The Morgan fingerprint density at radius 3 is 2.75 bits per heavy atom. The van der Waals surface area contributed by atoms with E-state index in [2.05, 4.69) is 0 Å². The lowest BCUT2D eigenvalue weighted by molar-refractivity contribution is -0.122. The molecule has 16 heavy (non-hydrogen) atoms. The predicted molar refractivity (Wildman–Crippen MR) is 59.7 cm³/mol. The van der Waals surface area contributed by atoms with E-state index in [-0.39, 0.29) is 24.7 Å². The molecule has 0 aromatic carbocycles. The highest BCUT2D eigenvalue weighted by atomic mass is 19.3. The average molecular weight is 233 g/mol. The number of likely N-dealkylation sites (tertiary alicyclic amines) is 1. The topological polar surface area (TPSA) is 20.3 Å². The zero-order chi connectivity index (χ0) is 12.2. The average Bonchev–Trinajstić information content (AvgIpc) is 2.23. The maximum Gasteiger partial charge on any atom is 0.260 e. The summed E-state index contributed by atoms with van der Waals surface area (Å²) in [5, 5.41) is 0. The molecule has 1 unspecified atom stereocenters. The van der Waals surface area contributed by atoms with E-state index in [9.17, 15) is 13.6 Å². The van der Waals surface area contributed by atoms with Gasteiger partial charge in [0.15, 0.2) is 0 Å². The monoisotopic (exact) mass is 233 g/mol. The zero-order valence-corrected chi connectivity index (χ0v) is 10.1. The van der Waals surface area contributed by atoms with E-state index in [1.807, 2.05) is 13.8 Å². The molecule has 1 saturated heterocycles. The highest BCUT2D eigenvalue weighted by molar-refractivity contribution is 5.80. The molecule has 1 fully saturated rings. The van der Waals surface area contributed by atoms with Gasteiger partial charge in [0.05, 0.1) is 6.54 Å². The Balaban J connectivity index is 2.30. The van der Waals surface area contributed by atoms with Gasteiger partial charge < -0.3 is 0 Å². The molecule has 0 aliphatic carbocycles. The van der Waals surface area contributed by atoms with E-state index in [1.54, 1.807) is 4.90 Å². The van der Waals surface area contributed by atoms with Gasteiger partial charge in [-0.1, -0.05) is 13.8 Å².